The van der Waals surface area contributed by atoms with E-state index in [0.29, 0.717) is 6.54 Å². The highest BCUT2D eigenvalue weighted by Gasteiger charge is 2.26. The van der Waals surface area contributed by atoms with E-state index in [1.54, 1.807) is 0 Å². The van der Waals surface area contributed by atoms with Gasteiger partial charge in [-0.3, -0.25) is 9.48 Å². The van der Waals surface area contributed by atoms with Crippen molar-refractivity contribution in [3.8, 4) is 0 Å². The summed E-state index contributed by atoms with van der Waals surface area (Å²) in [4.78, 5) is 12.2. The van der Waals surface area contributed by atoms with Gasteiger partial charge in [0.15, 0.2) is 0 Å². The lowest BCUT2D eigenvalue weighted by atomic mass is 9.92. The van der Waals surface area contributed by atoms with Gasteiger partial charge in [0.2, 0.25) is 5.91 Å². The van der Waals surface area contributed by atoms with Crippen LogP contribution in [-0.4, -0.2) is 22.2 Å². The summed E-state index contributed by atoms with van der Waals surface area (Å²) in [6.07, 6.45) is 6.86. The number of aromatic nitrogens is 2. The van der Waals surface area contributed by atoms with Gasteiger partial charge >= 0.3 is 0 Å². The molecule has 2 unspecified atom stereocenters. The third kappa shape index (κ3) is 2.97. The maximum Gasteiger partial charge on any atom is 0.224 e. The van der Waals surface area contributed by atoms with Gasteiger partial charge in [-0.15, -0.1) is 0 Å². The van der Waals surface area contributed by atoms with E-state index in [1.807, 2.05) is 17.9 Å². The number of carbonyl (C=O) groups excluding carboxylic acids is 1. The Morgan fingerprint density at radius 1 is 1.68 bits per heavy atom. The Hall–Kier alpha value is -1.36. The van der Waals surface area contributed by atoms with Crippen LogP contribution in [0.3, 0.4) is 0 Å². The number of rotatable bonds is 5. The van der Waals surface area contributed by atoms with Crippen LogP contribution in [0.5, 0.6) is 0 Å². The second kappa shape index (κ2) is 6.19. The molecule has 106 valence electrons. The zero-order valence-electron chi connectivity index (χ0n) is 11.9. The molecule has 2 rings (SSSR count). The Labute approximate surface area is 114 Å². The summed E-state index contributed by atoms with van der Waals surface area (Å²) in [5.74, 6) is 0.0260. The van der Waals surface area contributed by atoms with E-state index in [2.05, 4.69) is 17.3 Å². The molecule has 0 saturated heterocycles. The summed E-state index contributed by atoms with van der Waals surface area (Å²) in [6, 6.07) is 0.107. The Morgan fingerprint density at radius 2 is 2.47 bits per heavy atom. The number of nitrogens with one attached hydrogen (secondary N) is 1. The molecule has 5 heteroatoms. The van der Waals surface area contributed by atoms with Crippen LogP contribution in [0.4, 0.5) is 0 Å². The molecule has 0 aliphatic heterocycles. The van der Waals surface area contributed by atoms with E-state index in [9.17, 15) is 4.79 Å². The lowest BCUT2D eigenvalue weighted by Crippen LogP contribution is -2.38. The van der Waals surface area contributed by atoms with Crippen LogP contribution in [0, 0.1) is 5.92 Å². The number of aryl methyl sites for hydroxylation is 1. The molecule has 1 aliphatic carbocycles. The van der Waals surface area contributed by atoms with Crippen molar-refractivity contribution in [1.82, 2.24) is 15.1 Å². The minimum Gasteiger partial charge on any atom is -0.349 e. The van der Waals surface area contributed by atoms with Crippen LogP contribution in [0.2, 0.25) is 0 Å². The fourth-order valence-electron chi connectivity index (χ4n) is 2.85. The normalized spacial score (nSPS) is 19.8. The first kappa shape index (κ1) is 14.1. The Bertz CT molecular complexity index is 441. The molecular weight excluding hydrogens is 240 g/mol. The summed E-state index contributed by atoms with van der Waals surface area (Å²) in [6.45, 7) is 2.50. The van der Waals surface area contributed by atoms with E-state index >= 15 is 0 Å². The molecule has 0 fully saturated rings. The van der Waals surface area contributed by atoms with Gasteiger partial charge in [0, 0.05) is 24.8 Å². The van der Waals surface area contributed by atoms with Crippen LogP contribution in [0.1, 0.15) is 49.9 Å². The summed E-state index contributed by atoms with van der Waals surface area (Å²) < 4.78 is 1.92. The van der Waals surface area contributed by atoms with E-state index < -0.39 is 0 Å². The topological polar surface area (TPSA) is 72.9 Å². The minimum absolute atomic E-state index is 0.0629. The van der Waals surface area contributed by atoms with Crippen LogP contribution < -0.4 is 11.1 Å². The van der Waals surface area contributed by atoms with Crippen molar-refractivity contribution < 1.29 is 4.79 Å². The molecule has 3 N–H and O–H groups in total. The molecule has 5 nitrogen and oxygen atoms in total. The molecular formula is C14H24N4O. The van der Waals surface area contributed by atoms with Crippen molar-refractivity contribution in [1.29, 1.82) is 0 Å². The molecule has 1 aromatic heterocycles. The largest absolute Gasteiger partial charge is 0.349 e. The van der Waals surface area contributed by atoms with Crippen molar-refractivity contribution in [3.63, 3.8) is 0 Å². The molecule has 1 aliphatic rings. The second-order valence-electron chi connectivity index (χ2n) is 5.34. The van der Waals surface area contributed by atoms with E-state index in [0.717, 1.165) is 32.1 Å². The first-order valence-electron chi connectivity index (χ1n) is 7.18. The third-order valence-electron chi connectivity index (χ3n) is 3.98. The molecule has 19 heavy (non-hydrogen) atoms. The van der Waals surface area contributed by atoms with Crippen molar-refractivity contribution in [2.45, 2.75) is 45.1 Å². The van der Waals surface area contributed by atoms with E-state index in [-0.39, 0.29) is 17.9 Å². The van der Waals surface area contributed by atoms with Crippen molar-refractivity contribution in [2.24, 2.45) is 18.7 Å². The summed E-state index contributed by atoms with van der Waals surface area (Å²) in [5.41, 5.74) is 8.11. The quantitative estimate of drug-likeness (QED) is 0.841. The monoisotopic (exact) mass is 264 g/mol. The summed E-state index contributed by atoms with van der Waals surface area (Å²) in [5, 5.41) is 7.45. The molecule has 0 aromatic carbocycles. The highest BCUT2D eigenvalue weighted by molar-refractivity contribution is 5.79. The van der Waals surface area contributed by atoms with Gasteiger partial charge in [0.05, 0.1) is 18.2 Å². The smallest absolute Gasteiger partial charge is 0.224 e. The average molecular weight is 264 g/mol. The molecule has 0 bridgehead atoms. The predicted molar refractivity (Wildman–Crippen MR) is 74.5 cm³/mol. The van der Waals surface area contributed by atoms with E-state index in [4.69, 9.17) is 5.73 Å². The van der Waals surface area contributed by atoms with Crippen molar-refractivity contribution in [2.75, 3.05) is 6.54 Å². The first-order chi connectivity index (χ1) is 9.17. The maximum absolute atomic E-state index is 12.2. The van der Waals surface area contributed by atoms with E-state index in [1.165, 1.54) is 11.3 Å². The number of carbonyl (C=O) groups is 1. The van der Waals surface area contributed by atoms with Crippen LogP contribution >= 0.6 is 0 Å². The van der Waals surface area contributed by atoms with Gasteiger partial charge < -0.3 is 11.1 Å². The highest BCUT2D eigenvalue weighted by Crippen LogP contribution is 2.29. The molecule has 0 saturated carbocycles. The maximum atomic E-state index is 12.2. The summed E-state index contributed by atoms with van der Waals surface area (Å²) in [7, 11) is 1.96. The second-order valence-corrected chi connectivity index (χ2v) is 5.34. The number of nitrogens with zero attached hydrogens (tertiary/aromatic N) is 2. The van der Waals surface area contributed by atoms with Crippen LogP contribution in [0.25, 0.3) is 0 Å². The SMILES string of the molecule is CCCC(CN)C(=O)NC1CCCc2c1cnn2C. The number of hydrogen-bond acceptors (Lipinski definition) is 3. The Balaban J connectivity index is 2.06. The number of fused-ring (bicyclic) bond motifs is 1. The van der Waals surface area contributed by atoms with Gasteiger partial charge in [0.25, 0.3) is 0 Å². The summed E-state index contributed by atoms with van der Waals surface area (Å²) >= 11 is 0. The molecule has 1 amide bonds. The zero-order valence-corrected chi connectivity index (χ0v) is 11.9. The average Bonchev–Trinajstić information content (AvgIpc) is 2.79. The third-order valence-corrected chi connectivity index (χ3v) is 3.98. The highest BCUT2D eigenvalue weighted by atomic mass is 16.1. The Morgan fingerprint density at radius 3 is 3.16 bits per heavy atom. The van der Waals surface area contributed by atoms with Gasteiger partial charge in [0.1, 0.15) is 0 Å². The number of amides is 1. The molecule has 1 aromatic rings. The van der Waals surface area contributed by atoms with Gasteiger partial charge in [-0.2, -0.15) is 5.10 Å². The standard InChI is InChI=1S/C14H24N4O/c1-3-5-10(8-15)14(19)17-12-6-4-7-13-11(12)9-16-18(13)2/h9-10,12H,3-8,15H2,1-2H3,(H,17,19). The van der Waals surface area contributed by atoms with Crippen LogP contribution in [-0.2, 0) is 18.3 Å². The van der Waals surface area contributed by atoms with Gasteiger partial charge in [-0.1, -0.05) is 13.3 Å². The molecule has 0 radical (unpaired) electrons. The molecule has 1 heterocycles. The first-order valence-corrected chi connectivity index (χ1v) is 7.18. The zero-order chi connectivity index (χ0) is 13.8. The van der Waals surface area contributed by atoms with Crippen LogP contribution in [0.15, 0.2) is 6.20 Å². The minimum atomic E-state index is -0.0629. The lowest BCUT2D eigenvalue weighted by Gasteiger charge is -2.25. The predicted octanol–water partition coefficient (Wildman–Crippen LogP) is 1.29. The number of nitrogens with two attached hydrogens (primary N) is 1. The van der Waals surface area contributed by atoms with Crippen molar-refractivity contribution >= 4 is 5.91 Å². The molecule has 0 spiro atoms. The van der Waals surface area contributed by atoms with Gasteiger partial charge in [-0.05, 0) is 25.7 Å². The number of hydrogen-bond donors (Lipinski definition) is 2. The Kier molecular flexibility index (Phi) is 4.58. The fourth-order valence-corrected chi connectivity index (χ4v) is 2.85. The molecule has 2 atom stereocenters. The fraction of sp³-hybridized carbons (Fsp3) is 0.714. The van der Waals surface area contributed by atoms with Gasteiger partial charge in [-0.25, -0.2) is 0 Å². The lowest BCUT2D eigenvalue weighted by molar-refractivity contribution is -0.125. The van der Waals surface area contributed by atoms with Crippen molar-refractivity contribution in [3.05, 3.63) is 17.5 Å².